The van der Waals surface area contributed by atoms with Gasteiger partial charge in [0.25, 0.3) is 5.56 Å². The molecule has 0 bridgehead atoms. The molecule has 3 aromatic rings. The van der Waals surface area contributed by atoms with E-state index < -0.39 is 0 Å². The van der Waals surface area contributed by atoms with E-state index in [1.54, 1.807) is 23.5 Å². The summed E-state index contributed by atoms with van der Waals surface area (Å²) < 4.78 is 1.41. The van der Waals surface area contributed by atoms with Crippen molar-refractivity contribution in [2.24, 2.45) is 0 Å². The molecule has 4 nitrogen and oxygen atoms in total. The Morgan fingerprint density at radius 2 is 2.00 bits per heavy atom. The molecule has 0 saturated heterocycles. The first-order valence-electron chi connectivity index (χ1n) is 7.45. The van der Waals surface area contributed by atoms with Gasteiger partial charge in [-0.3, -0.25) is 4.79 Å². The van der Waals surface area contributed by atoms with Crippen LogP contribution in [0.4, 0.5) is 0 Å². The third-order valence-corrected chi connectivity index (χ3v) is 6.08. The Bertz CT molecular complexity index is 964. The third-order valence-electron chi connectivity index (χ3n) is 4.16. The second-order valence-corrected chi connectivity index (χ2v) is 7.59. The second-order valence-electron chi connectivity index (χ2n) is 5.69. The maximum atomic E-state index is 12.8. The van der Waals surface area contributed by atoms with Crippen LogP contribution in [0.2, 0.25) is 10.0 Å². The molecule has 0 amide bonds. The predicted molar refractivity (Wildman–Crippen MR) is 93.9 cm³/mol. The van der Waals surface area contributed by atoms with Crippen LogP contribution >= 0.6 is 34.5 Å². The zero-order chi connectivity index (χ0) is 16.0. The SMILES string of the molecule is O=c1c2c3c(sc2nnn1Cc1ccc(Cl)c(Cl)c1)CCCC3. The largest absolute Gasteiger partial charge is 0.279 e. The molecule has 0 aliphatic heterocycles. The van der Waals surface area contributed by atoms with Crippen molar-refractivity contribution in [2.75, 3.05) is 0 Å². The monoisotopic (exact) mass is 365 g/mol. The molecular formula is C16H13Cl2N3OS. The molecule has 118 valence electrons. The van der Waals surface area contributed by atoms with Crippen molar-refractivity contribution in [3.05, 3.63) is 54.6 Å². The van der Waals surface area contributed by atoms with Crippen molar-refractivity contribution in [3.8, 4) is 0 Å². The lowest BCUT2D eigenvalue weighted by Gasteiger charge is -2.10. The molecule has 4 rings (SSSR count). The standard InChI is InChI=1S/C16H13Cl2N3OS/c17-11-6-5-9(7-12(11)18)8-21-16(22)14-10-3-1-2-4-13(10)23-15(14)19-20-21/h5-7H,1-4,8H2. The summed E-state index contributed by atoms with van der Waals surface area (Å²) >= 11 is 13.6. The Labute approximate surface area is 146 Å². The average molecular weight is 366 g/mol. The van der Waals surface area contributed by atoms with Gasteiger partial charge in [-0.05, 0) is 48.9 Å². The summed E-state index contributed by atoms with van der Waals surface area (Å²) in [6.07, 6.45) is 4.32. The number of rotatable bonds is 2. The van der Waals surface area contributed by atoms with E-state index in [4.69, 9.17) is 23.2 Å². The Hall–Kier alpha value is -1.43. The van der Waals surface area contributed by atoms with Crippen molar-refractivity contribution in [1.82, 2.24) is 15.0 Å². The van der Waals surface area contributed by atoms with Crippen molar-refractivity contribution < 1.29 is 0 Å². The lowest BCUT2D eigenvalue weighted by molar-refractivity contribution is 0.601. The first-order chi connectivity index (χ1) is 11.1. The van der Waals surface area contributed by atoms with Crippen LogP contribution in [0.25, 0.3) is 10.2 Å². The van der Waals surface area contributed by atoms with E-state index >= 15 is 0 Å². The van der Waals surface area contributed by atoms with Crippen molar-refractivity contribution in [3.63, 3.8) is 0 Å². The van der Waals surface area contributed by atoms with E-state index in [0.29, 0.717) is 16.6 Å². The molecule has 1 aliphatic carbocycles. The molecule has 0 spiro atoms. The van der Waals surface area contributed by atoms with E-state index in [9.17, 15) is 4.79 Å². The first kappa shape index (κ1) is 15.1. The maximum Gasteiger partial charge on any atom is 0.279 e. The van der Waals surface area contributed by atoms with Crippen molar-refractivity contribution >= 4 is 44.8 Å². The van der Waals surface area contributed by atoms with E-state index in [2.05, 4.69) is 10.3 Å². The highest BCUT2D eigenvalue weighted by atomic mass is 35.5. The molecule has 2 heterocycles. The number of fused-ring (bicyclic) bond motifs is 3. The maximum absolute atomic E-state index is 12.8. The number of benzene rings is 1. The lowest BCUT2D eigenvalue weighted by Crippen LogP contribution is -2.25. The van der Waals surface area contributed by atoms with Gasteiger partial charge in [0.1, 0.15) is 0 Å². The first-order valence-corrected chi connectivity index (χ1v) is 9.02. The van der Waals surface area contributed by atoms with Crippen LogP contribution in [0.1, 0.15) is 28.8 Å². The van der Waals surface area contributed by atoms with Gasteiger partial charge in [-0.25, -0.2) is 4.68 Å². The van der Waals surface area contributed by atoms with Crippen LogP contribution in [0.15, 0.2) is 23.0 Å². The molecule has 2 aromatic heterocycles. The smallest absolute Gasteiger partial charge is 0.267 e. The zero-order valence-corrected chi connectivity index (χ0v) is 14.5. The van der Waals surface area contributed by atoms with Crippen molar-refractivity contribution in [1.29, 1.82) is 0 Å². The molecule has 0 saturated carbocycles. The quantitative estimate of drug-likeness (QED) is 0.687. The highest BCUT2D eigenvalue weighted by Crippen LogP contribution is 2.33. The van der Waals surface area contributed by atoms with Crippen LogP contribution in [0.3, 0.4) is 0 Å². The molecule has 1 aromatic carbocycles. The van der Waals surface area contributed by atoms with Gasteiger partial charge in [0.2, 0.25) is 0 Å². The van der Waals surface area contributed by atoms with Gasteiger partial charge < -0.3 is 0 Å². The van der Waals surface area contributed by atoms with Gasteiger partial charge in [0, 0.05) is 4.88 Å². The van der Waals surface area contributed by atoms with Gasteiger partial charge >= 0.3 is 0 Å². The molecule has 7 heteroatoms. The van der Waals surface area contributed by atoms with Crippen LogP contribution in [0.5, 0.6) is 0 Å². The van der Waals surface area contributed by atoms with Crippen molar-refractivity contribution in [2.45, 2.75) is 32.2 Å². The third kappa shape index (κ3) is 2.67. The van der Waals surface area contributed by atoms with Crippen LogP contribution in [-0.4, -0.2) is 15.0 Å². The van der Waals surface area contributed by atoms with Crippen LogP contribution < -0.4 is 5.56 Å². The molecule has 23 heavy (non-hydrogen) atoms. The molecule has 0 atom stereocenters. The summed E-state index contributed by atoms with van der Waals surface area (Å²) in [5.41, 5.74) is 1.98. The van der Waals surface area contributed by atoms with Gasteiger partial charge in [-0.2, -0.15) is 0 Å². The summed E-state index contributed by atoms with van der Waals surface area (Å²) in [6, 6.07) is 5.32. The topological polar surface area (TPSA) is 47.8 Å². The van der Waals surface area contributed by atoms with E-state index in [1.807, 2.05) is 6.07 Å². The fourth-order valence-corrected chi connectivity index (χ4v) is 4.54. The zero-order valence-electron chi connectivity index (χ0n) is 12.2. The summed E-state index contributed by atoms with van der Waals surface area (Å²) in [6.45, 7) is 0.337. The van der Waals surface area contributed by atoms with Crippen LogP contribution in [-0.2, 0) is 19.4 Å². The van der Waals surface area contributed by atoms with Gasteiger partial charge in [-0.1, -0.05) is 34.5 Å². The number of thiophene rings is 1. The Balaban J connectivity index is 1.80. The minimum absolute atomic E-state index is 0.0690. The number of hydrogen-bond donors (Lipinski definition) is 0. The second kappa shape index (κ2) is 5.89. The van der Waals surface area contributed by atoms with Gasteiger partial charge in [0.05, 0.1) is 22.0 Å². The number of hydrogen-bond acceptors (Lipinski definition) is 4. The van der Waals surface area contributed by atoms with E-state index in [0.717, 1.165) is 35.0 Å². The predicted octanol–water partition coefficient (Wildman–Crippen LogP) is 4.09. The molecular weight excluding hydrogens is 353 g/mol. The van der Waals surface area contributed by atoms with E-state index in [1.165, 1.54) is 21.5 Å². The summed E-state index contributed by atoms with van der Waals surface area (Å²) in [7, 11) is 0. The minimum Gasteiger partial charge on any atom is -0.267 e. The molecule has 0 fully saturated rings. The average Bonchev–Trinajstić information content (AvgIpc) is 2.93. The Morgan fingerprint density at radius 3 is 2.83 bits per heavy atom. The fraction of sp³-hybridized carbons (Fsp3) is 0.312. The number of aryl methyl sites for hydroxylation is 2. The molecule has 0 radical (unpaired) electrons. The van der Waals surface area contributed by atoms with Gasteiger partial charge in [0.15, 0.2) is 4.83 Å². The highest BCUT2D eigenvalue weighted by molar-refractivity contribution is 7.18. The molecule has 0 unspecified atom stereocenters. The number of aromatic nitrogens is 3. The normalized spacial score (nSPS) is 14.2. The summed E-state index contributed by atoms with van der Waals surface area (Å²) in [5, 5.41) is 10.1. The summed E-state index contributed by atoms with van der Waals surface area (Å²) in [5.74, 6) is 0. The Kier molecular flexibility index (Phi) is 3.87. The number of nitrogens with zero attached hydrogens (tertiary/aromatic N) is 3. The fourth-order valence-electron chi connectivity index (χ4n) is 3.02. The molecule has 1 aliphatic rings. The summed E-state index contributed by atoms with van der Waals surface area (Å²) in [4.78, 5) is 14.9. The van der Waals surface area contributed by atoms with E-state index in [-0.39, 0.29) is 5.56 Å². The highest BCUT2D eigenvalue weighted by Gasteiger charge is 2.20. The minimum atomic E-state index is -0.0690. The molecule has 0 N–H and O–H groups in total. The number of halogens is 2. The van der Waals surface area contributed by atoms with Gasteiger partial charge in [-0.15, -0.1) is 16.4 Å². The Morgan fingerprint density at radius 1 is 1.17 bits per heavy atom. The lowest BCUT2D eigenvalue weighted by atomic mass is 9.97. The van der Waals surface area contributed by atoms with Crippen LogP contribution in [0, 0.1) is 0 Å².